The molecule has 0 bridgehead atoms. The number of benzene rings is 4. The molecule has 46 nitrogen and oxygen atoms in total. The molecule has 0 saturated carbocycles. The largest absolute Gasteiger partial charge is 0.481 e. The van der Waals surface area contributed by atoms with E-state index in [0.717, 1.165) is 28.1 Å². The quantitative estimate of drug-likeness (QED) is 0.0139. The highest BCUT2D eigenvalue weighted by Gasteiger charge is 2.37. The van der Waals surface area contributed by atoms with Crippen LogP contribution in [0, 0.1) is 5.92 Å². The smallest absolute Gasteiger partial charge is 0.328 e. The number of carbonyl (C=O) groups excluding carboxylic acids is 6. The minimum atomic E-state index is -1.97. The Kier molecular flexibility index (Phi) is 47.0. The number of carboxylic acids is 6. The van der Waals surface area contributed by atoms with E-state index in [1.54, 1.807) is 84.8 Å². The Morgan fingerprint density at radius 1 is 0.532 bits per heavy atom. The zero-order valence-corrected chi connectivity index (χ0v) is 78.6. The summed E-state index contributed by atoms with van der Waals surface area (Å²) in [5.74, 6) is -10.5. The predicted molar refractivity (Wildman–Crippen MR) is 502 cm³/mol. The van der Waals surface area contributed by atoms with Gasteiger partial charge < -0.3 is 131 Å². The topological polar surface area (TPSA) is 618 Å². The van der Waals surface area contributed by atoms with Gasteiger partial charge in [0, 0.05) is 186 Å². The Morgan fingerprint density at radius 3 is 1.52 bits per heavy atom. The number of carboxylic acid groups (broad SMARTS) is 6. The van der Waals surface area contributed by atoms with Crippen LogP contribution in [0.4, 0.5) is 11.4 Å². The average molecular weight is 1950 g/mol. The highest BCUT2D eigenvalue weighted by molar-refractivity contribution is 5.97. The molecular weight excluding hydrogens is 1820 g/mol. The van der Waals surface area contributed by atoms with Gasteiger partial charge in [-0.2, -0.15) is 0 Å². The number of fused-ring (bicyclic) bond motifs is 4. The van der Waals surface area contributed by atoms with Crippen LogP contribution in [0.2, 0.25) is 0 Å². The van der Waals surface area contributed by atoms with E-state index in [4.69, 9.17) is 28.4 Å². The van der Waals surface area contributed by atoms with Crippen molar-refractivity contribution in [3.05, 3.63) is 131 Å². The van der Waals surface area contributed by atoms with Crippen LogP contribution in [0.1, 0.15) is 114 Å². The van der Waals surface area contributed by atoms with Gasteiger partial charge in [-0.15, -0.1) is 0 Å². The second-order valence-electron chi connectivity index (χ2n) is 34.3. The average Bonchev–Trinajstić information content (AvgIpc) is 1.69. The SMILES string of the molecule is CN(Cc1nc2ccccc2[nH]1)C(=O)c1ccc2c(c1)CN(CCCOCCOCCOCCCNC(=O)[C@H](CCC(=O)NCCCOCCOCCOCCCN1Cc3cc(C(=O)N(C)Cc4nc5ccccc5[nH]4)ccc3N[C@@H](CC(=O)O)[C@@H]1O)N[C@@H](O)[C@H](C=CC(=O)O)NC(=O)[C@H](CCC(=O)O)C[C@@H](O)CN1CCN(CO)CCN(CC(=O)O)CCN(CC(=O)O)CC1)C(=O)[C@H](CC(=O)O)N2. The molecular formula is C93H134N18O28. The molecule has 8 atom stereocenters. The number of aliphatic carboxylic acids is 6. The van der Waals surface area contributed by atoms with Crippen LogP contribution in [0.3, 0.4) is 0 Å². The van der Waals surface area contributed by atoms with Crippen LogP contribution in [0.5, 0.6) is 0 Å². The van der Waals surface area contributed by atoms with E-state index < -0.39 is 128 Å². The van der Waals surface area contributed by atoms with E-state index in [9.17, 15) is 109 Å². The van der Waals surface area contributed by atoms with Gasteiger partial charge in [0.1, 0.15) is 30.1 Å². The van der Waals surface area contributed by atoms with Crippen LogP contribution >= 0.6 is 0 Å². The number of para-hydroxylation sites is 4. The van der Waals surface area contributed by atoms with Gasteiger partial charge >= 0.3 is 35.8 Å². The molecule has 6 amide bonds. The van der Waals surface area contributed by atoms with E-state index >= 15 is 0 Å². The summed E-state index contributed by atoms with van der Waals surface area (Å²) in [6.07, 6.45) is -4.17. The van der Waals surface area contributed by atoms with Crippen LogP contribution in [0.25, 0.3) is 22.1 Å². The highest BCUT2D eigenvalue weighted by Crippen LogP contribution is 2.31. The third-order valence-corrected chi connectivity index (χ3v) is 23.5. The van der Waals surface area contributed by atoms with Crippen molar-refractivity contribution in [2.24, 2.45) is 5.92 Å². The predicted octanol–water partition coefficient (Wildman–Crippen LogP) is 0.318. The summed E-state index contributed by atoms with van der Waals surface area (Å²) in [6.45, 7) is 4.15. The molecule has 3 aliphatic heterocycles. The van der Waals surface area contributed by atoms with Crippen molar-refractivity contribution in [2.75, 3.05) is 209 Å². The second kappa shape index (κ2) is 58.9. The van der Waals surface area contributed by atoms with Crippen molar-refractivity contribution in [1.82, 2.24) is 80.4 Å². The molecule has 0 spiro atoms. The lowest BCUT2D eigenvalue weighted by Gasteiger charge is -2.34. The summed E-state index contributed by atoms with van der Waals surface area (Å²) < 4.78 is 34.5. The van der Waals surface area contributed by atoms with Gasteiger partial charge in [0.25, 0.3) is 11.8 Å². The number of amides is 6. The van der Waals surface area contributed by atoms with E-state index in [2.05, 4.69) is 51.8 Å². The number of β-amino-alcohol motifs (C(OH)–C–C–N with tert-alkyl or cyclic N) is 1. The number of aliphatic hydroxyl groups is 4. The monoisotopic (exact) mass is 1950 g/mol. The number of nitrogens with zero attached hydrogens (tertiary/aromatic N) is 10. The molecule has 0 aliphatic carbocycles. The lowest BCUT2D eigenvalue weighted by molar-refractivity contribution is -0.141. The number of rotatable bonds is 61. The van der Waals surface area contributed by atoms with Gasteiger partial charge in [-0.05, 0) is 117 Å². The summed E-state index contributed by atoms with van der Waals surface area (Å²) in [6, 6.07) is 20.2. The molecule has 0 unspecified atom stereocenters. The van der Waals surface area contributed by atoms with Crippen molar-refractivity contribution >= 4 is 105 Å². The first kappa shape index (κ1) is 111. The normalized spacial score (nSPS) is 17.2. The van der Waals surface area contributed by atoms with E-state index in [1.807, 2.05) is 48.5 Å². The first-order valence-corrected chi connectivity index (χ1v) is 46.7. The van der Waals surface area contributed by atoms with Crippen molar-refractivity contribution in [3.8, 4) is 0 Å². The standard InChI is InChI=1S/C93H134N18O28/c1-104(57-78-98-70-11-3-4-12-71(70)99-78)90(130)63-15-18-68-65(49-63)54-110(92(132)76(96-68)52-83(119)120)27-9-39-136-43-47-138-45-41-134-37-7-25-94-80(114)22-20-74(103-89(129)75(21-24-82(117)118)102-87(127)62(17-23-81(115)116)51-67(113)56-106-29-30-107(59-85(123)124)31-32-108(60-86(125)126)34-36-109(61-112)35-33-106)88(128)95-26-8-38-135-42-46-139-48-44-137-40-10-28-111-55-66-50-64(16-19-69(66)97-77(93(111)133)53-84(121)122)91(131)105(2)58-79-100-72-13-5-6-14-73(72)101-79/h3-6,11-16,18-19,21,24,49-50,62,67,74-77,89,92,96-97,103,112-113,129,132H,7-10,17,20,22-23,25-48,51-61H2,1-2H3,(H,94,114)(H,95,128)(H,98,99)(H,100,101)(H,102,127)(H,115,116)(H,117,118)(H,119,120)(H,121,122)(H,123,124)(H,125,126)/t62-,67-,74+,75+,76+,77+,89+,92+/m1/s1. The van der Waals surface area contributed by atoms with Gasteiger partial charge in [0.15, 0.2) is 0 Å². The molecule has 4 aromatic carbocycles. The number of nitrogens with one attached hydrogen (secondary N) is 8. The summed E-state index contributed by atoms with van der Waals surface area (Å²) >= 11 is 0. The van der Waals surface area contributed by atoms with Crippen LogP contribution < -0.4 is 31.9 Å². The number of imidazole rings is 2. The molecule has 46 heteroatoms. The minimum Gasteiger partial charge on any atom is -0.481 e. The maximum Gasteiger partial charge on any atom is 0.328 e. The number of ether oxygens (including phenoxy) is 6. The van der Waals surface area contributed by atoms with E-state index in [0.29, 0.717) is 77.2 Å². The summed E-state index contributed by atoms with van der Waals surface area (Å²) in [4.78, 5) is 183. The van der Waals surface area contributed by atoms with Crippen molar-refractivity contribution < 1.29 is 137 Å². The molecule has 764 valence electrons. The molecule has 18 N–H and O–H groups in total. The number of anilines is 2. The number of aromatic amines is 2. The summed E-state index contributed by atoms with van der Waals surface area (Å²) in [5.41, 5.74) is 6.46. The molecule has 5 heterocycles. The molecule has 6 aromatic rings. The molecule has 1 fully saturated rings. The number of carbonyl (C=O) groups is 12. The fraction of sp³-hybridized carbons (Fsp3) is 0.570. The number of aliphatic hydroxyl groups excluding tert-OH is 4. The molecule has 139 heavy (non-hydrogen) atoms. The Bertz CT molecular complexity index is 4920. The van der Waals surface area contributed by atoms with Gasteiger partial charge in [-0.3, -0.25) is 82.6 Å². The summed E-state index contributed by atoms with van der Waals surface area (Å²) in [5, 5.41) is 121. The molecule has 3 aliphatic rings. The fourth-order valence-corrected chi connectivity index (χ4v) is 16.2. The number of hydrogen-bond donors (Lipinski definition) is 18. The van der Waals surface area contributed by atoms with Gasteiger partial charge in [0.05, 0.1) is 145 Å². The number of hydrogen-bond acceptors (Lipinski definition) is 32. The zero-order valence-electron chi connectivity index (χ0n) is 78.6. The highest BCUT2D eigenvalue weighted by atomic mass is 16.6. The van der Waals surface area contributed by atoms with Crippen molar-refractivity contribution in [3.63, 3.8) is 0 Å². The Hall–Kier alpha value is -11.8. The van der Waals surface area contributed by atoms with Crippen LogP contribution in [-0.4, -0.2) is 422 Å². The van der Waals surface area contributed by atoms with Gasteiger partial charge in [-0.1, -0.05) is 30.3 Å². The summed E-state index contributed by atoms with van der Waals surface area (Å²) in [7, 11) is 3.33. The third-order valence-electron chi connectivity index (χ3n) is 23.5. The number of H-pyrrole nitrogens is 2. The first-order chi connectivity index (χ1) is 66.8. The lowest BCUT2D eigenvalue weighted by Crippen LogP contribution is -2.56. The maximum absolute atomic E-state index is 14.4. The third kappa shape index (κ3) is 39.1. The molecule has 0 radical (unpaired) electrons. The first-order valence-electron chi connectivity index (χ1n) is 46.7. The van der Waals surface area contributed by atoms with E-state index in [1.165, 1.54) is 4.90 Å². The molecule has 1 saturated heterocycles. The molecule has 2 aromatic heterocycles. The fourth-order valence-electron chi connectivity index (χ4n) is 16.2. The Balaban J connectivity index is 0.719. The van der Waals surface area contributed by atoms with Crippen LogP contribution in [-0.2, 0) is 103 Å². The van der Waals surface area contributed by atoms with E-state index in [-0.39, 0.29) is 247 Å². The van der Waals surface area contributed by atoms with Crippen LogP contribution in [0.15, 0.2) is 97.1 Å². The zero-order chi connectivity index (χ0) is 100. The van der Waals surface area contributed by atoms with Crippen molar-refractivity contribution in [2.45, 2.75) is 140 Å². The Labute approximate surface area is 804 Å². The second-order valence-corrected chi connectivity index (χ2v) is 34.3. The number of aromatic nitrogens is 4. The lowest BCUT2D eigenvalue weighted by atomic mass is 9.94. The van der Waals surface area contributed by atoms with Gasteiger partial charge in [-0.25, -0.2) is 14.8 Å². The minimum absolute atomic E-state index is 0.0157. The molecule has 9 rings (SSSR count). The van der Waals surface area contributed by atoms with Gasteiger partial charge in [0.2, 0.25) is 23.6 Å². The Morgan fingerprint density at radius 2 is 1.01 bits per heavy atom. The van der Waals surface area contributed by atoms with Crippen molar-refractivity contribution in [1.29, 1.82) is 0 Å². The maximum atomic E-state index is 14.4.